The number of nitrogens with zero attached hydrogens (tertiary/aromatic N) is 1. The van der Waals surface area contributed by atoms with Gasteiger partial charge in [0.15, 0.2) is 0 Å². The number of aryl methyl sites for hydroxylation is 1. The molecule has 3 amide bonds. The average molecular weight is 554 g/mol. The van der Waals surface area contributed by atoms with E-state index in [1.165, 1.54) is 18.1 Å². The van der Waals surface area contributed by atoms with Crippen LogP contribution < -0.4 is 10.6 Å². The van der Waals surface area contributed by atoms with Crippen LogP contribution in [0.3, 0.4) is 0 Å². The van der Waals surface area contributed by atoms with Crippen molar-refractivity contribution in [2.45, 2.75) is 77.1 Å². The lowest BCUT2D eigenvalue weighted by molar-refractivity contribution is -0.148. The van der Waals surface area contributed by atoms with Crippen molar-refractivity contribution in [1.82, 2.24) is 15.5 Å². The standard InChI is InChI=1S/C30H39N3O7/c1-19-16-21(14-15-24(19)34)26(27(36)31-18-25(35)39-5)33(22-12-9-13-22)28(37)23(17-20-10-7-6-8-11-20)32-29(38)40-30(2,3)4/h6-8,10-11,14-16,22-23,26,34H,9,12-13,17-18H2,1-5H3,(H,31,36)(H,32,38). The fourth-order valence-electron chi connectivity index (χ4n) is 4.48. The number of hydrogen-bond acceptors (Lipinski definition) is 7. The number of hydrogen-bond donors (Lipinski definition) is 3. The molecule has 0 spiro atoms. The van der Waals surface area contributed by atoms with Crippen LogP contribution in [0.1, 0.15) is 62.8 Å². The summed E-state index contributed by atoms with van der Waals surface area (Å²) in [6, 6.07) is 11.5. The van der Waals surface area contributed by atoms with E-state index in [0.29, 0.717) is 24.0 Å². The van der Waals surface area contributed by atoms with Gasteiger partial charge >= 0.3 is 12.1 Å². The van der Waals surface area contributed by atoms with Crippen LogP contribution in [0.25, 0.3) is 0 Å². The summed E-state index contributed by atoms with van der Waals surface area (Å²) in [5.41, 5.74) is 1.03. The first-order valence-electron chi connectivity index (χ1n) is 13.4. The Balaban J connectivity index is 2.04. The van der Waals surface area contributed by atoms with E-state index in [0.717, 1.165) is 12.0 Å². The number of aromatic hydroxyl groups is 1. The SMILES string of the molecule is COC(=O)CNC(=O)C(c1ccc(O)c(C)c1)N(C(=O)C(Cc1ccccc1)NC(=O)OC(C)(C)C)C1CCC1. The highest BCUT2D eigenvalue weighted by atomic mass is 16.6. The molecule has 0 radical (unpaired) electrons. The normalized spacial score (nSPS) is 14.7. The van der Waals surface area contributed by atoms with Crippen LogP contribution in [0.5, 0.6) is 5.75 Å². The first-order valence-corrected chi connectivity index (χ1v) is 13.4. The van der Waals surface area contributed by atoms with Crippen LogP contribution in [0.15, 0.2) is 48.5 Å². The molecule has 0 aromatic heterocycles. The van der Waals surface area contributed by atoms with E-state index in [-0.39, 0.29) is 24.8 Å². The quantitative estimate of drug-likeness (QED) is 0.383. The number of esters is 1. The molecule has 40 heavy (non-hydrogen) atoms. The Labute approximate surface area is 235 Å². The predicted molar refractivity (Wildman–Crippen MR) is 148 cm³/mol. The van der Waals surface area contributed by atoms with E-state index in [1.807, 2.05) is 30.3 Å². The molecule has 2 aromatic rings. The van der Waals surface area contributed by atoms with Crippen LogP contribution in [-0.2, 0) is 30.3 Å². The first-order chi connectivity index (χ1) is 18.9. The number of carbonyl (C=O) groups excluding carboxylic acids is 4. The van der Waals surface area contributed by atoms with Crippen molar-refractivity contribution in [3.05, 3.63) is 65.2 Å². The number of rotatable bonds is 10. The molecule has 2 aromatic carbocycles. The van der Waals surface area contributed by atoms with E-state index in [1.54, 1.807) is 39.8 Å². The zero-order chi connectivity index (χ0) is 29.4. The van der Waals surface area contributed by atoms with Crippen LogP contribution in [0.4, 0.5) is 4.79 Å². The number of methoxy groups -OCH3 is 1. The van der Waals surface area contributed by atoms with E-state index < -0.39 is 41.6 Å². The molecular weight excluding hydrogens is 514 g/mol. The average Bonchev–Trinajstić information content (AvgIpc) is 2.86. The van der Waals surface area contributed by atoms with Crippen molar-refractivity contribution >= 4 is 23.9 Å². The fraction of sp³-hybridized carbons (Fsp3) is 0.467. The minimum absolute atomic E-state index is 0.0486. The zero-order valence-electron chi connectivity index (χ0n) is 23.7. The third-order valence-corrected chi connectivity index (χ3v) is 6.69. The molecule has 1 aliphatic rings. The van der Waals surface area contributed by atoms with E-state index in [2.05, 4.69) is 15.4 Å². The van der Waals surface area contributed by atoms with Gasteiger partial charge in [-0.05, 0) is 75.8 Å². The van der Waals surface area contributed by atoms with Crippen LogP contribution >= 0.6 is 0 Å². The van der Waals surface area contributed by atoms with Gasteiger partial charge in [0.2, 0.25) is 11.8 Å². The Morgan fingerprint density at radius 1 is 1.07 bits per heavy atom. The topological polar surface area (TPSA) is 134 Å². The lowest BCUT2D eigenvalue weighted by atomic mass is 9.87. The molecule has 2 unspecified atom stereocenters. The molecule has 0 bridgehead atoms. The van der Waals surface area contributed by atoms with Gasteiger partial charge < -0.3 is 30.1 Å². The van der Waals surface area contributed by atoms with Gasteiger partial charge in [-0.15, -0.1) is 0 Å². The Morgan fingerprint density at radius 3 is 2.30 bits per heavy atom. The molecule has 1 aliphatic carbocycles. The maximum absolute atomic E-state index is 14.4. The van der Waals surface area contributed by atoms with Gasteiger partial charge in [0, 0.05) is 12.5 Å². The maximum Gasteiger partial charge on any atom is 0.408 e. The first kappa shape index (κ1) is 30.5. The molecule has 0 saturated heterocycles. The molecule has 3 N–H and O–H groups in total. The molecule has 216 valence electrons. The molecule has 10 nitrogen and oxygen atoms in total. The summed E-state index contributed by atoms with van der Waals surface area (Å²) in [5, 5.41) is 15.4. The Morgan fingerprint density at radius 2 is 1.75 bits per heavy atom. The fourth-order valence-corrected chi connectivity index (χ4v) is 4.48. The highest BCUT2D eigenvalue weighted by Crippen LogP contribution is 2.35. The number of nitrogens with one attached hydrogen (secondary N) is 2. The smallest absolute Gasteiger partial charge is 0.408 e. The molecular formula is C30H39N3O7. The summed E-state index contributed by atoms with van der Waals surface area (Å²) in [6.07, 6.45) is 1.65. The van der Waals surface area contributed by atoms with E-state index in [4.69, 9.17) is 4.74 Å². The van der Waals surface area contributed by atoms with Crippen molar-refractivity contribution in [3.63, 3.8) is 0 Å². The van der Waals surface area contributed by atoms with Crippen molar-refractivity contribution in [3.8, 4) is 5.75 Å². The van der Waals surface area contributed by atoms with Gasteiger partial charge in [-0.25, -0.2) is 4.79 Å². The summed E-state index contributed by atoms with van der Waals surface area (Å²) >= 11 is 0. The van der Waals surface area contributed by atoms with Gasteiger partial charge in [0.25, 0.3) is 0 Å². The van der Waals surface area contributed by atoms with E-state index >= 15 is 0 Å². The minimum Gasteiger partial charge on any atom is -0.508 e. The van der Waals surface area contributed by atoms with Gasteiger partial charge in [-0.3, -0.25) is 14.4 Å². The maximum atomic E-state index is 14.4. The van der Waals surface area contributed by atoms with Crippen LogP contribution in [-0.4, -0.2) is 65.2 Å². The number of alkyl carbamates (subject to hydrolysis) is 1. The second-order valence-corrected chi connectivity index (χ2v) is 11.0. The highest BCUT2D eigenvalue weighted by Gasteiger charge is 2.42. The van der Waals surface area contributed by atoms with Crippen LogP contribution in [0, 0.1) is 6.92 Å². The Kier molecular flexibility index (Phi) is 10.1. The number of ether oxygens (including phenoxy) is 2. The molecule has 1 fully saturated rings. The zero-order valence-corrected chi connectivity index (χ0v) is 23.7. The number of amides is 3. The molecule has 2 atom stereocenters. The van der Waals surface area contributed by atoms with Crippen molar-refractivity contribution in [2.24, 2.45) is 0 Å². The van der Waals surface area contributed by atoms with Gasteiger partial charge in [0.05, 0.1) is 7.11 Å². The number of phenols is 1. The molecule has 3 rings (SSSR count). The third kappa shape index (κ3) is 8.21. The third-order valence-electron chi connectivity index (χ3n) is 6.69. The van der Waals surface area contributed by atoms with Gasteiger partial charge in [-0.1, -0.05) is 36.4 Å². The number of carbonyl (C=O) groups is 4. The van der Waals surface area contributed by atoms with Crippen LogP contribution in [0.2, 0.25) is 0 Å². The molecule has 10 heteroatoms. The van der Waals surface area contributed by atoms with Crippen molar-refractivity contribution in [1.29, 1.82) is 0 Å². The lowest BCUT2D eigenvalue weighted by Gasteiger charge is -2.43. The highest BCUT2D eigenvalue weighted by molar-refractivity contribution is 5.93. The summed E-state index contributed by atoms with van der Waals surface area (Å²) in [6.45, 7) is 6.52. The largest absolute Gasteiger partial charge is 0.508 e. The molecule has 0 aliphatic heterocycles. The summed E-state index contributed by atoms with van der Waals surface area (Å²) < 4.78 is 10.1. The monoisotopic (exact) mass is 553 g/mol. The predicted octanol–water partition coefficient (Wildman–Crippen LogP) is 3.55. The number of phenolic OH excluding ortho intramolecular Hbond substituents is 1. The number of benzene rings is 2. The second-order valence-electron chi connectivity index (χ2n) is 11.0. The molecule has 1 saturated carbocycles. The van der Waals surface area contributed by atoms with E-state index in [9.17, 15) is 24.3 Å². The summed E-state index contributed by atoms with van der Waals surface area (Å²) in [7, 11) is 1.22. The minimum atomic E-state index is -1.12. The Hall–Kier alpha value is -4.08. The van der Waals surface area contributed by atoms with Gasteiger partial charge in [0.1, 0.15) is 30.0 Å². The van der Waals surface area contributed by atoms with Crippen molar-refractivity contribution in [2.75, 3.05) is 13.7 Å². The molecule has 0 heterocycles. The summed E-state index contributed by atoms with van der Waals surface area (Å²) in [4.78, 5) is 54.2. The lowest BCUT2D eigenvalue weighted by Crippen LogP contribution is -2.58. The Bertz CT molecular complexity index is 1210. The second kappa shape index (κ2) is 13.3. The summed E-state index contributed by atoms with van der Waals surface area (Å²) in [5.74, 6) is -1.62. The van der Waals surface area contributed by atoms with Gasteiger partial charge in [-0.2, -0.15) is 0 Å². The van der Waals surface area contributed by atoms with Crippen molar-refractivity contribution < 1.29 is 33.8 Å².